The predicted octanol–water partition coefficient (Wildman–Crippen LogP) is 2.05. The van der Waals surface area contributed by atoms with Crippen molar-refractivity contribution in [3.05, 3.63) is 0 Å². The van der Waals surface area contributed by atoms with E-state index in [2.05, 4.69) is 32.3 Å². The molecule has 0 aromatic heterocycles. The summed E-state index contributed by atoms with van der Waals surface area (Å²) in [5.74, 6) is 0. The molecule has 0 amide bonds. The SMILES string of the molecule is CCO[C@@H]1C[C@H](N[C@]2(CO)C[C@@H](OCC)C2(C)C)[C@@H]1SC. The van der Waals surface area contributed by atoms with Crippen LogP contribution in [0.3, 0.4) is 0 Å². The molecular weight excluding hydrogens is 286 g/mol. The lowest BCUT2D eigenvalue weighted by Gasteiger charge is -2.63. The molecule has 5 atom stereocenters. The molecule has 21 heavy (non-hydrogen) atoms. The molecule has 2 rings (SSSR count). The van der Waals surface area contributed by atoms with Crippen molar-refractivity contribution >= 4 is 11.8 Å². The molecule has 124 valence electrons. The van der Waals surface area contributed by atoms with Crippen molar-refractivity contribution in [3.8, 4) is 0 Å². The fraction of sp³-hybridized carbons (Fsp3) is 1.00. The molecule has 5 heteroatoms. The molecule has 4 nitrogen and oxygen atoms in total. The van der Waals surface area contributed by atoms with E-state index in [4.69, 9.17) is 9.47 Å². The van der Waals surface area contributed by atoms with E-state index in [1.165, 1.54) is 0 Å². The average molecular weight is 317 g/mol. The third kappa shape index (κ3) is 2.88. The van der Waals surface area contributed by atoms with Crippen LogP contribution in [0.4, 0.5) is 0 Å². The Labute approximate surface area is 133 Å². The first kappa shape index (κ1) is 17.5. The van der Waals surface area contributed by atoms with Gasteiger partial charge in [-0.15, -0.1) is 0 Å². The highest BCUT2D eigenvalue weighted by molar-refractivity contribution is 7.99. The minimum absolute atomic E-state index is 0.0442. The first-order chi connectivity index (χ1) is 9.95. The summed E-state index contributed by atoms with van der Waals surface area (Å²) < 4.78 is 11.6. The van der Waals surface area contributed by atoms with Crippen LogP contribution in [0.25, 0.3) is 0 Å². The zero-order valence-electron chi connectivity index (χ0n) is 14.0. The van der Waals surface area contributed by atoms with Gasteiger partial charge in [0.1, 0.15) is 0 Å². The van der Waals surface area contributed by atoms with Gasteiger partial charge in [0, 0.05) is 29.9 Å². The van der Waals surface area contributed by atoms with E-state index in [0.717, 1.165) is 26.1 Å². The monoisotopic (exact) mass is 317 g/mol. The highest BCUT2D eigenvalue weighted by Crippen LogP contribution is 2.52. The lowest BCUT2D eigenvalue weighted by molar-refractivity contribution is -0.185. The van der Waals surface area contributed by atoms with Crippen molar-refractivity contribution in [2.24, 2.45) is 5.41 Å². The van der Waals surface area contributed by atoms with Crippen LogP contribution in [-0.2, 0) is 9.47 Å². The highest BCUT2D eigenvalue weighted by Gasteiger charge is 2.62. The largest absolute Gasteiger partial charge is 0.394 e. The van der Waals surface area contributed by atoms with E-state index >= 15 is 0 Å². The minimum Gasteiger partial charge on any atom is -0.394 e. The summed E-state index contributed by atoms with van der Waals surface area (Å²) in [7, 11) is 0. The van der Waals surface area contributed by atoms with Gasteiger partial charge in [0.2, 0.25) is 0 Å². The first-order valence-corrected chi connectivity index (χ1v) is 9.39. The third-order valence-corrected chi connectivity index (χ3v) is 6.75. The van der Waals surface area contributed by atoms with Gasteiger partial charge >= 0.3 is 0 Å². The maximum absolute atomic E-state index is 10.00. The zero-order chi connectivity index (χ0) is 15.7. The van der Waals surface area contributed by atoms with E-state index in [1.807, 2.05) is 18.7 Å². The molecule has 2 aliphatic rings. The molecule has 0 unspecified atom stereocenters. The smallest absolute Gasteiger partial charge is 0.0723 e. The Morgan fingerprint density at radius 1 is 1.24 bits per heavy atom. The maximum atomic E-state index is 10.00. The van der Waals surface area contributed by atoms with Crippen molar-refractivity contribution < 1.29 is 14.6 Å². The summed E-state index contributed by atoms with van der Waals surface area (Å²) in [4.78, 5) is 0. The molecule has 2 fully saturated rings. The molecule has 0 bridgehead atoms. The third-order valence-electron chi connectivity index (χ3n) is 5.57. The zero-order valence-corrected chi connectivity index (χ0v) is 14.8. The second kappa shape index (κ2) is 6.75. The van der Waals surface area contributed by atoms with E-state index in [-0.39, 0.29) is 23.7 Å². The number of ether oxygens (including phenoxy) is 2. The Hall–Kier alpha value is 0.190. The number of aliphatic hydroxyl groups is 1. The van der Waals surface area contributed by atoms with Crippen LogP contribution in [0.2, 0.25) is 0 Å². The number of hydrogen-bond acceptors (Lipinski definition) is 5. The Morgan fingerprint density at radius 2 is 1.90 bits per heavy atom. The molecule has 0 aliphatic heterocycles. The van der Waals surface area contributed by atoms with Crippen LogP contribution in [-0.4, -0.2) is 60.2 Å². The highest BCUT2D eigenvalue weighted by atomic mass is 32.2. The summed E-state index contributed by atoms with van der Waals surface area (Å²) in [5.41, 5.74) is -0.264. The molecule has 2 N–H and O–H groups in total. The number of rotatable bonds is 8. The summed E-state index contributed by atoms with van der Waals surface area (Å²) >= 11 is 1.86. The van der Waals surface area contributed by atoms with Crippen molar-refractivity contribution in [2.75, 3.05) is 26.1 Å². The maximum Gasteiger partial charge on any atom is 0.0723 e. The Morgan fingerprint density at radius 3 is 2.38 bits per heavy atom. The van der Waals surface area contributed by atoms with Gasteiger partial charge in [-0.3, -0.25) is 0 Å². The van der Waals surface area contributed by atoms with Crippen molar-refractivity contribution in [2.45, 2.75) is 69.6 Å². The number of hydrogen-bond donors (Lipinski definition) is 2. The van der Waals surface area contributed by atoms with Gasteiger partial charge in [0.25, 0.3) is 0 Å². The normalized spacial score (nSPS) is 41.4. The summed E-state index contributed by atoms with van der Waals surface area (Å²) in [6.45, 7) is 10.2. The second-order valence-corrected chi connectivity index (χ2v) is 7.81. The molecule has 0 saturated heterocycles. The van der Waals surface area contributed by atoms with Crippen LogP contribution in [0.5, 0.6) is 0 Å². The van der Waals surface area contributed by atoms with Crippen LogP contribution >= 0.6 is 11.8 Å². The number of nitrogens with one attached hydrogen (secondary N) is 1. The molecule has 0 aromatic rings. The summed E-state index contributed by atoms with van der Waals surface area (Å²) in [6, 6.07) is 0.422. The van der Waals surface area contributed by atoms with Crippen molar-refractivity contribution in [1.82, 2.24) is 5.32 Å². The van der Waals surface area contributed by atoms with Crippen LogP contribution in [0.1, 0.15) is 40.5 Å². The van der Waals surface area contributed by atoms with Gasteiger partial charge in [0.05, 0.1) is 24.4 Å². The lowest BCUT2D eigenvalue weighted by atomic mass is 9.54. The van der Waals surface area contributed by atoms with Crippen molar-refractivity contribution in [3.63, 3.8) is 0 Å². The summed E-state index contributed by atoms with van der Waals surface area (Å²) in [6.07, 6.45) is 4.66. The average Bonchev–Trinajstić information content (AvgIpc) is 2.44. The van der Waals surface area contributed by atoms with E-state index in [1.54, 1.807) is 0 Å². The van der Waals surface area contributed by atoms with Gasteiger partial charge in [-0.1, -0.05) is 13.8 Å². The van der Waals surface area contributed by atoms with Gasteiger partial charge in [-0.05, 0) is 32.9 Å². The van der Waals surface area contributed by atoms with Gasteiger partial charge in [-0.2, -0.15) is 11.8 Å². The van der Waals surface area contributed by atoms with Crippen LogP contribution in [0, 0.1) is 5.41 Å². The minimum atomic E-state index is -0.220. The van der Waals surface area contributed by atoms with Crippen LogP contribution in [0.15, 0.2) is 0 Å². The number of aliphatic hydroxyl groups excluding tert-OH is 1. The standard InChI is InChI=1S/C16H31NO3S/c1-6-19-12-8-11(14(12)21-5)17-16(10-18)9-13(20-7-2)15(16,3)4/h11-14,17-18H,6-10H2,1-5H3/t11-,12+,13+,14-,16-/m0/s1. The summed E-state index contributed by atoms with van der Waals surface area (Å²) in [5, 5.41) is 14.2. The fourth-order valence-corrected chi connectivity index (χ4v) is 4.81. The van der Waals surface area contributed by atoms with E-state index < -0.39 is 0 Å². The molecule has 0 spiro atoms. The van der Waals surface area contributed by atoms with Crippen LogP contribution < -0.4 is 5.32 Å². The fourth-order valence-electron chi connectivity index (χ4n) is 3.81. The van der Waals surface area contributed by atoms with Gasteiger partial charge in [0.15, 0.2) is 0 Å². The molecule has 2 saturated carbocycles. The molecule has 0 radical (unpaired) electrons. The van der Waals surface area contributed by atoms with Crippen molar-refractivity contribution in [1.29, 1.82) is 0 Å². The van der Waals surface area contributed by atoms with E-state index in [0.29, 0.717) is 17.4 Å². The second-order valence-electron chi connectivity index (χ2n) is 6.79. The quantitative estimate of drug-likeness (QED) is 0.717. The Bertz CT molecular complexity index is 352. The van der Waals surface area contributed by atoms with Gasteiger partial charge < -0.3 is 19.9 Å². The predicted molar refractivity (Wildman–Crippen MR) is 87.9 cm³/mol. The molecule has 0 aromatic carbocycles. The Kier molecular flexibility index (Phi) is 5.64. The van der Waals surface area contributed by atoms with Gasteiger partial charge in [-0.25, -0.2) is 0 Å². The molecular formula is C16H31NO3S. The topological polar surface area (TPSA) is 50.7 Å². The lowest BCUT2D eigenvalue weighted by Crippen LogP contribution is -2.77. The Balaban J connectivity index is 1.98. The first-order valence-electron chi connectivity index (χ1n) is 8.10. The number of thioether (sulfide) groups is 1. The molecule has 2 aliphatic carbocycles. The molecule has 0 heterocycles. The van der Waals surface area contributed by atoms with E-state index in [9.17, 15) is 5.11 Å².